The quantitative estimate of drug-likeness (QED) is 0.0886. The molecule has 1 saturated heterocycles. The molecule has 1 aliphatic carbocycles. The van der Waals surface area contributed by atoms with Gasteiger partial charge in [0.05, 0.1) is 16.5 Å². The standard InChI is InChI=1S/C41H59Cl2N7O11/c1-22(2)17-29(40(59)50-16-8-11-32(50)37(56)48-31(41(60)61)20-25-12-13-26(42)27(43)18-25)47-38(57)33(21-35(53)54)49(4)39(58)30(19-24-9-6-5-7-10-24)46-36(55)28(45-23(3)51)14-15-34(44)52/h12-13,18,22,24,28-33H,5-11,14-17,19-21H2,1-4H3,(H2,44,52)(H,45,51)(H,46,55)(H,47,57)(H,48,56)(H,53,54)(H,60,61)/t28-,29-,30-,31-,32-,33-/m0/s1. The van der Waals surface area contributed by atoms with Crippen molar-refractivity contribution >= 4 is 76.5 Å². The Hall–Kier alpha value is -4.97. The molecule has 1 heterocycles. The number of carbonyl (C=O) groups excluding carboxylic acids is 7. The van der Waals surface area contributed by atoms with Gasteiger partial charge < -0.3 is 47.0 Å². The number of nitrogens with one attached hydrogen (secondary N) is 4. The Morgan fingerprint density at radius 2 is 1.49 bits per heavy atom. The number of benzene rings is 1. The maximum atomic E-state index is 14.3. The van der Waals surface area contributed by atoms with Crippen LogP contribution < -0.4 is 27.0 Å². The predicted octanol–water partition coefficient (Wildman–Crippen LogP) is 2.15. The Morgan fingerprint density at radius 1 is 0.836 bits per heavy atom. The third kappa shape index (κ3) is 15.8. The number of likely N-dealkylation sites (N-methyl/N-ethyl adjacent to an activating group) is 1. The third-order valence-electron chi connectivity index (χ3n) is 11.0. The van der Waals surface area contributed by atoms with E-state index in [0.717, 1.165) is 37.0 Å². The summed E-state index contributed by atoms with van der Waals surface area (Å²) in [6.45, 7) is 4.89. The lowest BCUT2D eigenvalue weighted by atomic mass is 9.84. The number of nitrogens with zero attached hydrogens (tertiary/aromatic N) is 2. The lowest BCUT2D eigenvalue weighted by Crippen LogP contribution is -2.60. The van der Waals surface area contributed by atoms with Crippen LogP contribution in [0.3, 0.4) is 0 Å². The van der Waals surface area contributed by atoms with Crippen molar-refractivity contribution in [3.8, 4) is 0 Å². The summed E-state index contributed by atoms with van der Waals surface area (Å²) in [6.07, 6.45) is 3.79. The van der Waals surface area contributed by atoms with Gasteiger partial charge in [0.2, 0.25) is 41.4 Å². The van der Waals surface area contributed by atoms with E-state index in [1.54, 1.807) is 19.9 Å². The second-order valence-corrected chi connectivity index (χ2v) is 17.2. The second-order valence-electron chi connectivity index (χ2n) is 16.4. The molecule has 18 nitrogen and oxygen atoms in total. The molecule has 1 aliphatic heterocycles. The maximum Gasteiger partial charge on any atom is 0.326 e. The minimum absolute atomic E-state index is 0.00773. The number of aliphatic carboxylic acids is 2. The predicted molar refractivity (Wildman–Crippen MR) is 224 cm³/mol. The van der Waals surface area contributed by atoms with E-state index in [4.69, 9.17) is 28.9 Å². The van der Waals surface area contributed by atoms with E-state index in [-0.39, 0.29) is 67.0 Å². The maximum absolute atomic E-state index is 14.3. The van der Waals surface area contributed by atoms with Gasteiger partial charge in [-0.1, -0.05) is 75.2 Å². The fourth-order valence-electron chi connectivity index (χ4n) is 7.86. The van der Waals surface area contributed by atoms with Crippen molar-refractivity contribution < 1.29 is 53.4 Å². The first-order valence-electron chi connectivity index (χ1n) is 20.6. The summed E-state index contributed by atoms with van der Waals surface area (Å²) in [4.78, 5) is 120. The number of nitrogens with two attached hydrogens (primary N) is 1. The zero-order valence-corrected chi connectivity index (χ0v) is 36.6. The molecule has 0 bridgehead atoms. The van der Waals surface area contributed by atoms with Gasteiger partial charge in [0, 0.05) is 33.4 Å². The molecule has 0 radical (unpaired) electrons. The summed E-state index contributed by atoms with van der Waals surface area (Å²) in [5, 5.41) is 30.6. The molecule has 3 rings (SSSR count). The summed E-state index contributed by atoms with van der Waals surface area (Å²) < 4.78 is 0. The van der Waals surface area contributed by atoms with Crippen LogP contribution in [0.1, 0.15) is 103 Å². The molecule has 0 spiro atoms. The second kappa shape index (κ2) is 23.9. The lowest BCUT2D eigenvalue weighted by molar-refractivity contribution is -0.149. The molecule has 0 aromatic heterocycles. The summed E-state index contributed by atoms with van der Waals surface area (Å²) in [5.74, 6) is -8.09. The summed E-state index contributed by atoms with van der Waals surface area (Å²) in [6, 6.07) is -3.28. The van der Waals surface area contributed by atoms with E-state index in [9.17, 15) is 53.4 Å². The average molecular weight is 897 g/mol. The number of amides is 7. The van der Waals surface area contributed by atoms with Crippen LogP contribution in [0.5, 0.6) is 0 Å². The van der Waals surface area contributed by atoms with Crippen LogP contribution in [0.25, 0.3) is 0 Å². The molecule has 0 unspecified atom stereocenters. The molecule has 338 valence electrons. The van der Waals surface area contributed by atoms with Crippen molar-refractivity contribution in [2.45, 2.75) is 140 Å². The minimum Gasteiger partial charge on any atom is -0.481 e. The average Bonchev–Trinajstić information content (AvgIpc) is 3.68. The highest BCUT2D eigenvalue weighted by Gasteiger charge is 2.41. The molecule has 7 amide bonds. The van der Waals surface area contributed by atoms with Crippen LogP contribution in [0.4, 0.5) is 0 Å². The molecule has 20 heteroatoms. The number of carbonyl (C=O) groups is 9. The lowest BCUT2D eigenvalue weighted by Gasteiger charge is -2.34. The van der Waals surface area contributed by atoms with Gasteiger partial charge in [-0.2, -0.15) is 0 Å². The van der Waals surface area contributed by atoms with Gasteiger partial charge in [-0.25, -0.2) is 4.79 Å². The first-order chi connectivity index (χ1) is 28.7. The highest BCUT2D eigenvalue weighted by molar-refractivity contribution is 6.42. The zero-order valence-electron chi connectivity index (χ0n) is 35.0. The van der Waals surface area contributed by atoms with E-state index in [0.29, 0.717) is 12.0 Å². The van der Waals surface area contributed by atoms with Crippen molar-refractivity contribution in [2.75, 3.05) is 13.6 Å². The molecule has 1 aromatic carbocycles. The van der Waals surface area contributed by atoms with Crippen molar-refractivity contribution in [1.82, 2.24) is 31.1 Å². The van der Waals surface area contributed by atoms with E-state index in [2.05, 4.69) is 21.3 Å². The smallest absolute Gasteiger partial charge is 0.326 e. The fraction of sp³-hybridized carbons (Fsp3) is 0.634. The van der Waals surface area contributed by atoms with Gasteiger partial charge in [0.1, 0.15) is 36.3 Å². The first-order valence-corrected chi connectivity index (χ1v) is 21.4. The highest BCUT2D eigenvalue weighted by Crippen LogP contribution is 2.29. The molecule has 6 atom stereocenters. The SMILES string of the molecule is CC(=O)N[C@@H](CCC(N)=O)C(=O)N[C@@H](CC1CCCCC1)C(=O)N(C)[C@@H](CC(=O)O)C(=O)N[C@@H](CC(C)C)C(=O)N1CCC[C@H]1C(=O)N[C@@H](Cc1ccc(Cl)c(Cl)c1)C(=O)O. The monoisotopic (exact) mass is 895 g/mol. The number of likely N-dealkylation sites (tertiary alicyclic amines) is 1. The zero-order chi connectivity index (χ0) is 45.6. The van der Waals surface area contributed by atoms with Crippen molar-refractivity contribution in [3.63, 3.8) is 0 Å². The molecule has 1 aromatic rings. The van der Waals surface area contributed by atoms with Gasteiger partial charge in [0.25, 0.3) is 0 Å². The summed E-state index contributed by atoms with van der Waals surface area (Å²) in [7, 11) is 1.23. The van der Waals surface area contributed by atoms with E-state index in [1.165, 1.54) is 31.0 Å². The Kier molecular flexibility index (Phi) is 19.7. The van der Waals surface area contributed by atoms with Crippen LogP contribution in [-0.4, -0.2) is 123 Å². The van der Waals surface area contributed by atoms with Crippen LogP contribution in [0, 0.1) is 11.8 Å². The minimum atomic E-state index is -1.66. The number of carboxylic acid groups (broad SMARTS) is 2. The van der Waals surface area contributed by atoms with Gasteiger partial charge in [-0.05, 0) is 61.6 Å². The van der Waals surface area contributed by atoms with Crippen LogP contribution >= 0.6 is 23.2 Å². The topological polar surface area (TPSA) is 275 Å². The number of halogens is 2. The Bertz CT molecular complexity index is 1790. The van der Waals surface area contributed by atoms with Crippen molar-refractivity contribution in [3.05, 3.63) is 33.8 Å². The summed E-state index contributed by atoms with van der Waals surface area (Å²) in [5.41, 5.74) is 5.78. The van der Waals surface area contributed by atoms with Crippen LogP contribution in [0.15, 0.2) is 18.2 Å². The Morgan fingerprint density at radius 3 is 2.07 bits per heavy atom. The highest BCUT2D eigenvalue weighted by atomic mass is 35.5. The number of carboxylic acids is 2. The number of hydrogen-bond acceptors (Lipinski definition) is 9. The van der Waals surface area contributed by atoms with E-state index < -0.39 is 96.0 Å². The Labute approximate surface area is 365 Å². The molecule has 8 N–H and O–H groups in total. The molecule has 2 fully saturated rings. The molecule has 1 saturated carbocycles. The molecular weight excluding hydrogens is 837 g/mol. The van der Waals surface area contributed by atoms with Crippen LogP contribution in [0.2, 0.25) is 10.0 Å². The largest absolute Gasteiger partial charge is 0.481 e. The normalized spacial score (nSPS) is 17.9. The third-order valence-corrected chi connectivity index (χ3v) is 11.7. The summed E-state index contributed by atoms with van der Waals surface area (Å²) >= 11 is 12.1. The number of hydrogen-bond donors (Lipinski definition) is 7. The van der Waals surface area contributed by atoms with Gasteiger partial charge >= 0.3 is 11.9 Å². The van der Waals surface area contributed by atoms with Crippen LogP contribution in [-0.2, 0) is 49.6 Å². The van der Waals surface area contributed by atoms with Gasteiger partial charge in [-0.3, -0.25) is 38.4 Å². The van der Waals surface area contributed by atoms with E-state index >= 15 is 0 Å². The van der Waals surface area contributed by atoms with E-state index in [1.807, 2.05) is 0 Å². The fourth-order valence-corrected chi connectivity index (χ4v) is 8.18. The van der Waals surface area contributed by atoms with Crippen molar-refractivity contribution in [2.24, 2.45) is 17.6 Å². The van der Waals surface area contributed by atoms with Gasteiger partial charge in [-0.15, -0.1) is 0 Å². The number of rotatable bonds is 22. The first kappa shape index (κ1) is 50.4. The molecule has 61 heavy (non-hydrogen) atoms. The molecule has 2 aliphatic rings. The van der Waals surface area contributed by atoms with Crippen molar-refractivity contribution in [1.29, 1.82) is 0 Å². The molecular formula is C41H59Cl2N7O11. The Balaban J connectivity index is 1.86. The van der Waals surface area contributed by atoms with Gasteiger partial charge in [0.15, 0.2) is 0 Å². The number of primary amides is 1.